The predicted octanol–water partition coefficient (Wildman–Crippen LogP) is 1.33. The summed E-state index contributed by atoms with van der Waals surface area (Å²) in [5.41, 5.74) is 0.532. The Balaban J connectivity index is 2.02. The number of hydrogen-bond acceptors (Lipinski definition) is 3. The Kier molecular flexibility index (Phi) is 4.80. The van der Waals surface area contributed by atoms with Gasteiger partial charge in [0.15, 0.2) is 0 Å². The van der Waals surface area contributed by atoms with Crippen molar-refractivity contribution in [3.63, 3.8) is 0 Å². The molecule has 22 heavy (non-hydrogen) atoms. The van der Waals surface area contributed by atoms with Crippen LogP contribution in [0.3, 0.4) is 0 Å². The Morgan fingerprint density at radius 1 is 1.14 bits per heavy atom. The van der Waals surface area contributed by atoms with Crippen molar-refractivity contribution in [2.75, 3.05) is 26.2 Å². The van der Waals surface area contributed by atoms with Gasteiger partial charge in [-0.3, -0.25) is 9.59 Å². The molecule has 1 aromatic rings. The fourth-order valence-electron chi connectivity index (χ4n) is 2.45. The van der Waals surface area contributed by atoms with Crippen LogP contribution in [0.5, 0.6) is 0 Å². The van der Waals surface area contributed by atoms with E-state index in [4.69, 9.17) is 5.11 Å². The number of aromatic carboxylic acids is 1. The van der Waals surface area contributed by atoms with Crippen LogP contribution in [-0.4, -0.2) is 58.9 Å². The number of carbonyl (C=O) groups is 3. The molecule has 0 radical (unpaired) electrons. The molecule has 1 N–H and O–H groups in total. The summed E-state index contributed by atoms with van der Waals surface area (Å²) in [6.07, 6.45) is 0. The first-order valence-corrected chi connectivity index (χ1v) is 7.29. The van der Waals surface area contributed by atoms with Crippen LogP contribution in [0.25, 0.3) is 0 Å². The maximum Gasteiger partial charge on any atom is 0.335 e. The lowest BCUT2D eigenvalue weighted by Crippen LogP contribution is -2.53. The third-order valence-electron chi connectivity index (χ3n) is 3.57. The SMILES string of the molecule is CC(C)CN1CCN(C(=O)c2ccc(C(=O)O)cc2)CC1=O. The van der Waals surface area contributed by atoms with E-state index in [1.807, 2.05) is 0 Å². The largest absolute Gasteiger partial charge is 0.478 e. The molecular formula is C16H20N2O4. The van der Waals surface area contributed by atoms with Crippen LogP contribution in [-0.2, 0) is 4.79 Å². The molecule has 6 nitrogen and oxygen atoms in total. The maximum atomic E-state index is 12.4. The first kappa shape index (κ1) is 16.0. The van der Waals surface area contributed by atoms with Crippen LogP contribution >= 0.6 is 0 Å². The number of rotatable bonds is 4. The van der Waals surface area contributed by atoms with Crippen molar-refractivity contribution in [1.29, 1.82) is 0 Å². The van der Waals surface area contributed by atoms with E-state index < -0.39 is 5.97 Å². The first-order valence-electron chi connectivity index (χ1n) is 7.29. The minimum atomic E-state index is -1.03. The molecule has 0 aliphatic carbocycles. The van der Waals surface area contributed by atoms with Crippen molar-refractivity contribution >= 4 is 17.8 Å². The highest BCUT2D eigenvalue weighted by molar-refractivity contribution is 5.98. The third-order valence-corrected chi connectivity index (χ3v) is 3.57. The lowest BCUT2D eigenvalue weighted by Gasteiger charge is -2.35. The fourth-order valence-corrected chi connectivity index (χ4v) is 2.45. The van der Waals surface area contributed by atoms with Gasteiger partial charge < -0.3 is 14.9 Å². The summed E-state index contributed by atoms with van der Waals surface area (Å²) in [7, 11) is 0. The van der Waals surface area contributed by atoms with Gasteiger partial charge in [-0.25, -0.2) is 4.79 Å². The highest BCUT2D eigenvalue weighted by Crippen LogP contribution is 2.12. The molecule has 1 fully saturated rings. The Hall–Kier alpha value is -2.37. The Labute approximate surface area is 129 Å². The molecule has 2 rings (SSSR count). The van der Waals surface area contributed by atoms with Gasteiger partial charge in [-0.1, -0.05) is 13.8 Å². The van der Waals surface area contributed by atoms with E-state index in [2.05, 4.69) is 13.8 Å². The zero-order chi connectivity index (χ0) is 16.3. The lowest BCUT2D eigenvalue weighted by atomic mass is 10.1. The molecule has 1 aliphatic rings. The number of amides is 2. The van der Waals surface area contributed by atoms with Crippen LogP contribution < -0.4 is 0 Å². The molecule has 1 aliphatic heterocycles. The minimum absolute atomic E-state index is 0.0459. The number of carbonyl (C=O) groups excluding carboxylic acids is 2. The van der Waals surface area contributed by atoms with Gasteiger partial charge in [0.05, 0.1) is 5.56 Å². The van der Waals surface area contributed by atoms with Crippen molar-refractivity contribution in [3.05, 3.63) is 35.4 Å². The van der Waals surface area contributed by atoms with Gasteiger partial charge in [0.25, 0.3) is 5.91 Å². The Morgan fingerprint density at radius 3 is 2.23 bits per heavy atom. The monoisotopic (exact) mass is 304 g/mol. The molecule has 0 bridgehead atoms. The lowest BCUT2D eigenvalue weighted by molar-refractivity contribution is -0.135. The topological polar surface area (TPSA) is 77.9 Å². The van der Waals surface area contributed by atoms with Gasteiger partial charge in [0, 0.05) is 25.2 Å². The van der Waals surface area contributed by atoms with Gasteiger partial charge in [0.1, 0.15) is 6.54 Å². The zero-order valence-corrected chi connectivity index (χ0v) is 12.8. The molecule has 0 unspecified atom stereocenters. The summed E-state index contributed by atoms with van der Waals surface area (Å²) in [6, 6.07) is 5.76. The first-order chi connectivity index (χ1) is 10.4. The average Bonchev–Trinajstić information content (AvgIpc) is 2.48. The molecule has 0 aromatic heterocycles. The normalized spacial score (nSPS) is 15.3. The van der Waals surface area contributed by atoms with Crippen LogP contribution in [0.15, 0.2) is 24.3 Å². The Morgan fingerprint density at radius 2 is 1.73 bits per heavy atom. The summed E-state index contributed by atoms with van der Waals surface area (Å²) < 4.78 is 0. The molecule has 1 heterocycles. The fraction of sp³-hybridized carbons (Fsp3) is 0.438. The standard InChI is InChI=1S/C16H20N2O4/c1-11(2)9-17-7-8-18(10-14(17)19)15(20)12-3-5-13(6-4-12)16(21)22/h3-6,11H,7-10H2,1-2H3,(H,21,22). The zero-order valence-electron chi connectivity index (χ0n) is 12.8. The van der Waals surface area contributed by atoms with Crippen molar-refractivity contribution in [1.82, 2.24) is 9.80 Å². The summed E-state index contributed by atoms with van der Waals surface area (Å²) in [5.74, 6) is -0.920. The second-order valence-electron chi connectivity index (χ2n) is 5.84. The molecule has 0 saturated carbocycles. The molecule has 2 amide bonds. The third kappa shape index (κ3) is 3.63. The highest BCUT2D eigenvalue weighted by atomic mass is 16.4. The summed E-state index contributed by atoms with van der Waals surface area (Å²) in [6.45, 7) is 5.91. The van der Waals surface area contributed by atoms with Crippen LogP contribution in [0, 0.1) is 5.92 Å². The van der Waals surface area contributed by atoms with Crippen molar-refractivity contribution in [2.24, 2.45) is 5.92 Å². The van der Waals surface area contributed by atoms with Gasteiger partial charge in [0.2, 0.25) is 5.91 Å². The maximum absolute atomic E-state index is 12.4. The van der Waals surface area contributed by atoms with Crippen LogP contribution in [0.4, 0.5) is 0 Å². The van der Waals surface area contributed by atoms with E-state index in [1.54, 1.807) is 4.90 Å². The number of benzene rings is 1. The highest BCUT2D eigenvalue weighted by Gasteiger charge is 2.27. The van der Waals surface area contributed by atoms with Crippen LogP contribution in [0.2, 0.25) is 0 Å². The number of carboxylic acid groups (broad SMARTS) is 1. The molecular weight excluding hydrogens is 284 g/mol. The van der Waals surface area contributed by atoms with E-state index in [0.29, 0.717) is 31.1 Å². The molecule has 1 saturated heterocycles. The second-order valence-corrected chi connectivity index (χ2v) is 5.84. The minimum Gasteiger partial charge on any atom is -0.478 e. The molecule has 0 atom stereocenters. The average molecular weight is 304 g/mol. The van der Waals surface area contributed by atoms with Crippen LogP contribution in [0.1, 0.15) is 34.6 Å². The van der Waals surface area contributed by atoms with Gasteiger partial charge in [-0.15, -0.1) is 0 Å². The smallest absolute Gasteiger partial charge is 0.335 e. The molecule has 6 heteroatoms. The second kappa shape index (κ2) is 6.60. The van der Waals surface area contributed by atoms with Crippen molar-refractivity contribution in [3.8, 4) is 0 Å². The van der Waals surface area contributed by atoms with E-state index in [0.717, 1.165) is 0 Å². The van der Waals surface area contributed by atoms with Crippen molar-refractivity contribution in [2.45, 2.75) is 13.8 Å². The van der Waals surface area contributed by atoms with Gasteiger partial charge in [-0.2, -0.15) is 0 Å². The predicted molar refractivity (Wildman–Crippen MR) is 80.7 cm³/mol. The summed E-state index contributed by atoms with van der Waals surface area (Å²) in [4.78, 5) is 38.5. The molecule has 1 aromatic carbocycles. The summed E-state index contributed by atoms with van der Waals surface area (Å²) in [5, 5.41) is 8.85. The summed E-state index contributed by atoms with van der Waals surface area (Å²) >= 11 is 0. The van der Waals surface area contributed by atoms with E-state index >= 15 is 0 Å². The number of hydrogen-bond donors (Lipinski definition) is 1. The van der Waals surface area contributed by atoms with Gasteiger partial charge >= 0.3 is 5.97 Å². The van der Waals surface area contributed by atoms with E-state index in [-0.39, 0.29) is 23.9 Å². The van der Waals surface area contributed by atoms with E-state index in [1.165, 1.54) is 29.2 Å². The molecule has 0 spiro atoms. The number of nitrogens with zero attached hydrogens (tertiary/aromatic N) is 2. The van der Waals surface area contributed by atoms with Crippen molar-refractivity contribution < 1.29 is 19.5 Å². The molecule has 118 valence electrons. The quantitative estimate of drug-likeness (QED) is 0.910. The van der Waals surface area contributed by atoms with E-state index in [9.17, 15) is 14.4 Å². The number of piperazine rings is 1. The van der Waals surface area contributed by atoms with Gasteiger partial charge in [-0.05, 0) is 30.2 Å². The Bertz CT molecular complexity index is 580. The number of carboxylic acids is 1.